The maximum absolute atomic E-state index is 12.6. The molecule has 3 aromatic heterocycles. The lowest BCUT2D eigenvalue weighted by molar-refractivity contribution is 0.241. The van der Waals surface area contributed by atoms with Gasteiger partial charge in [-0.15, -0.1) is 0 Å². The van der Waals surface area contributed by atoms with Crippen LogP contribution in [0, 0.1) is 0 Å². The molecule has 4 heterocycles. The molecule has 3 aromatic rings. The molecular weight excluding hydrogens is 340 g/mol. The van der Waals surface area contributed by atoms with Crippen molar-refractivity contribution in [2.45, 2.75) is 39.3 Å². The third kappa shape index (κ3) is 3.93. The second-order valence-electron chi connectivity index (χ2n) is 6.80. The number of aryl methyl sites for hydroxylation is 1. The second kappa shape index (κ2) is 7.75. The fraction of sp³-hybridized carbons (Fsp3) is 0.350. The summed E-state index contributed by atoms with van der Waals surface area (Å²) >= 11 is 0. The largest absolute Gasteiger partial charge is 0.306 e. The number of nitrogens with one attached hydrogen (secondary N) is 1. The molecule has 0 amide bonds. The molecule has 7 nitrogen and oxygen atoms in total. The lowest BCUT2D eigenvalue weighted by Crippen LogP contribution is -2.35. The molecule has 0 aliphatic carbocycles. The van der Waals surface area contributed by atoms with Gasteiger partial charge in [-0.25, -0.2) is 15.0 Å². The molecule has 0 spiro atoms. The van der Waals surface area contributed by atoms with Gasteiger partial charge in [-0.05, 0) is 18.6 Å². The van der Waals surface area contributed by atoms with Crippen LogP contribution < -0.4 is 5.56 Å². The molecule has 1 aliphatic heterocycles. The highest BCUT2D eigenvalue weighted by molar-refractivity contribution is 5.53. The number of H-pyrrole nitrogens is 1. The standard InChI is InChI=1S/C20H22N6O/c1-2-4-18-22-9-14(10-23-18)12-26-8-6-17-16(13-26)20(27)25-19(24-17)15-5-3-7-21-11-15/h3,5,7,9-11H,2,4,6,8,12-13H2,1H3,(H,24,25,27). The van der Waals surface area contributed by atoms with Gasteiger partial charge in [0.25, 0.3) is 5.56 Å². The molecule has 0 bridgehead atoms. The zero-order valence-electron chi connectivity index (χ0n) is 15.4. The highest BCUT2D eigenvalue weighted by Crippen LogP contribution is 2.19. The fourth-order valence-electron chi connectivity index (χ4n) is 3.33. The highest BCUT2D eigenvalue weighted by atomic mass is 16.1. The van der Waals surface area contributed by atoms with Crippen molar-refractivity contribution in [1.82, 2.24) is 29.8 Å². The van der Waals surface area contributed by atoms with E-state index in [1.54, 1.807) is 12.4 Å². The van der Waals surface area contributed by atoms with Crippen molar-refractivity contribution in [3.8, 4) is 11.4 Å². The minimum Gasteiger partial charge on any atom is -0.306 e. The first kappa shape index (κ1) is 17.5. The Morgan fingerprint density at radius 1 is 1.22 bits per heavy atom. The van der Waals surface area contributed by atoms with Gasteiger partial charge in [0, 0.05) is 68.4 Å². The summed E-state index contributed by atoms with van der Waals surface area (Å²) in [4.78, 5) is 35.3. The summed E-state index contributed by atoms with van der Waals surface area (Å²) in [5.74, 6) is 1.47. The first-order valence-electron chi connectivity index (χ1n) is 9.27. The zero-order valence-corrected chi connectivity index (χ0v) is 15.4. The van der Waals surface area contributed by atoms with Gasteiger partial charge < -0.3 is 4.98 Å². The molecule has 0 saturated heterocycles. The Hall–Kier alpha value is -2.93. The number of pyridine rings is 1. The molecule has 27 heavy (non-hydrogen) atoms. The third-order valence-corrected chi connectivity index (χ3v) is 4.72. The topological polar surface area (TPSA) is 87.7 Å². The summed E-state index contributed by atoms with van der Waals surface area (Å²) in [5.41, 5.74) is 3.44. The Kier molecular flexibility index (Phi) is 5.02. The normalized spacial score (nSPS) is 14.1. The molecule has 7 heteroatoms. The molecule has 0 saturated carbocycles. The van der Waals surface area contributed by atoms with E-state index in [9.17, 15) is 4.79 Å². The van der Waals surface area contributed by atoms with Gasteiger partial charge in [0.15, 0.2) is 0 Å². The molecule has 0 atom stereocenters. The lowest BCUT2D eigenvalue weighted by Gasteiger charge is -2.27. The van der Waals surface area contributed by atoms with Gasteiger partial charge in [-0.3, -0.25) is 14.7 Å². The van der Waals surface area contributed by atoms with Crippen molar-refractivity contribution < 1.29 is 0 Å². The van der Waals surface area contributed by atoms with E-state index in [2.05, 4.69) is 36.7 Å². The minimum absolute atomic E-state index is 0.0712. The molecule has 4 rings (SSSR count). The summed E-state index contributed by atoms with van der Waals surface area (Å²) in [5, 5.41) is 0. The van der Waals surface area contributed by atoms with E-state index in [-0.39, 0.29) is 5.56 Å². The van der Waals surface area contributed by atoms with E-state index in [1.165, 1.54) is 0 Å². The average molecular weight is 362 g/mol. The van der Waals surface area contributed by atoms with Gasteiger partial charge in [0.05, 0.1) is 11.3 Å². The van der Waals surface area contributed by atoms with Crippen LogP contribution in [0.15, 0.2) is 41.7 Å². The summed E-state index contributed by atoms with van der Waals surface area (Å²) in [6, 6.07) is 3.74. The van der Waals surface area contributed by atoms with E-state index in [0.717, 1.165) is 60.6 Å². The zero-order chi connectivity index (χ0) is 18.6. The lowest BCUT2D eigenvalue weighted by atomic mass is 10.1. The minimum atomic E-state index is -0.0712. The van der Waals surface area contributed by atoms with Gasteiger partial charge in [0.1, 0.15) is 11.6 Å². The van der Waals surface area contributed by atoms with Crippen LogP contribution in [0.1, 0.15) is 36.0 Å². The van der Waals surface area contributed by atoms with Crippen LogP contribution in [0.2, 0.25) is 0 Å². The highest BCUT2D eigenvalue weighted by Gasteiger charge is 2.21. The van der Waals surface area contributed by atoms with Crippen LogP contribution in [0.25, 0.3) is 11.4 Å². The monoisotopic (exact) mass is 362 g/mol. The number of hydrogen-bond donors (Lipinski definition) is 1. The predicted molar refractivity (Wildman–Crippen MR) is 102 cm³/mol. The fourth-order valence-corrected chi connectivity index (χ4v) is 3.33. The van der Waals surface area contributed by atoms with Crippen LogP contribution in [0.3, 0.4) is 0 Å². The molecule has 1 N–H and O–H groups in total. The predicted octanol–water partition coefficient (Wildman–Crippen LogP) is 2.13. The Bertz CT molecular complexity index is 968. The molecule has 1 aliphatic rings. The smallest absolute Gasteiger partial charge is 0.255 e. The van der Waals surface area contributed by atoms with Crippen LogP contribution >= 0.6 is 0 Å². The van der Waals surface area contributed by atoms with Crippen molar-refractivity contribution in [2.75, 3.05) is 6.54 Å². The molecule has 0 radical (unpaired) electrons. The van der Waals surface area contributed by atoms with Crippen LogP contribution in [-0.4, -0.2) is 36.4 Å². The summed E-state index contributed by atoms with van der Waals surface area (Å²) < 4.78 is 0. The van der Waals surface area contributed by atoms with Crippen molar-refractivity contribution >= 4 is 0 Å². The first-order chi connectivity index (χ1) is 13.2. The van der Waals surface area contributed by atoms with Crippen molar-refractivity contribution in [3.63, 3.8) is 0 Å². The third-order valence-electron chi connectivity index (χ3n) is 4.72. The summed E-state index contributed by atoms with van der Waals surface area (Å²) in [7, 11) is 0. The molecule has 0 aromatic carbocycles. The Labute approximate surface area is 157 Å². The van der Waals surface area contributed by atoms with Crippen LogP contribution in [0.4, 0.5) is 0 Å². The van der Waals surface area contributed by atoms with Gasteiger partial charge in [-0.1, -0.05) is 6.92 Å². The number of aromatic amines is 1. The van der Waals surface area contributed by atoms with Crippen LogP contribution in [-0.2, 0) is 25.9 Å². The number of rotatable bonds is 5. The first-order valence-corrected chi connectivity index (χ1v) is 9.27. The Morgan fingerprint density at radius 2 is 2.07 bits per heavy atom. The Morgan fingerprint density at radius 3 is 2.81 bits per heavy atom. The van der Waals surface area contributed by atoms with E-state index in [4.69, 9.17) is 0 Å². The Balaban J connectivity index is 1.51. The van der Waals surface area contributed by atoms with E-state index < -0.39 is 0 Å². The van der Waals surface area contributed by atoms with Gasteiger partial charge in [-0.2, -0.15) is 0 Å². The van der Waals surface area contributed by atoms with E-state index in [0.29, 0.717) is 12.4 Å². The van der Waals surface area contributed by atoms with E-state index in [1.807, 2.05) is 24.5 Å². The molecule has 0 fully saturated rings. The number of hydrogen-bond acceptors (Lipinski definition) is 6. The second-order valence-corrected chi connectivity index (χ2v) is 6.80. The number of nitrogens with zero attached hydrogens (tertiary/aromatic N) is 5. The quantitative estimate of drug-likeness (QED) is 0.748. The van der Waals surface area contributed by atoms with Crippen molar-refractivity contribution in [1.29, 1.82) is 0 Å². The van der Waals surface area contributed by atoms with Gasteiger partial charge in [0.2, 0.25) is 0 Å². The molecular formula is C20H22N6O. The van der Waals surface area contributed by atoms with Gasteiger partial charge >= 0.3 is 0 Å². The maximum Gasteiger partial charge on any atom is 0.255 e. The number of aromatic nitrogens is 5. The molecule has 0 unspecified atom stereocenters. The van der Waals surface area contributed by atoms with Crippen LogP contribution in [0.5, 0.6) is 0 Å². The summed E-state index contributed by atoms with van der Waals surface area (Å²) in [6.45, 7) is 4.29. The van der Waals surface area contributed by atoms with Crippen molar-refractivity contribution in [2.24, 2.45) is 0 Å². The SMILES string of the molecule is CCCc1ncc(CN2CCc3nc(-c4cccnc4)[nH]c(=O)c3C2)cn1. The number of fused-ring (bicyclic) bond motifs is 1. The average Bonchev–Trinajstić information content (AvgIpc) is 2.71. The summed E-state index contributed by atoms with van der Waals surface area (Å²) in [6.07, 6.45) is 9.89. The van der Waals surface area contributed by atoms with E-state index >= 15 is 0 Å². The van der Waals surface area contributed by atoms with Crippen molar-refractivity contribution in [3.05, 3.63) is 69.9 Å². The molecule has 138 valence electrons. The maximum atomic E-state index is 12.6.